The van der Waals surface area contributed by atoms with E-state index in [1.54, 1.807) is 12.1 Å². The highest BCUT2D eigenvalue weighted by Crippen LogP contribution is 2.41. The van der Waals surface area contributed by atoms with Gasteiger partial charge in [0.05, 0.1) is 25.3 Å². The van der Waals surface area contributed by atoms with Gasteiger partial charge in [0.2, 0.25) is 0 Å². The maximum absolute atomic E-state index is 13.7. The van der Waals surface area contributed by atoms with E-state index in [0.29, 0.717) is 38.8 Å². The molecule has 1 unspecified atom stereocenters. The number of carbonyl (C=O) groups excluding carboxylic acids is 1. The first-order valence-corrected chi connectivity index (χ1v) is 14.3. The van der Waals surface area contributed by atoms with Crippen molar-refractivity contribution in [3.05, 3.63) is 71.0 Å². The molecule has 2 aromatic rings. The SMILES string of the molecule is CC.CC1/C=C\C=C/Cc2c(C3CCCCC3)c3ccc(C(=O)O)cc3n2C/C(C(=O)N2CCOCC2)=C\1. The van der Waals surface area contributed by atoms with Crippen LogP contribution in [0.3, 0.4) is 0 Å². The standard InChI is InChI=1S/C30H36N2O4.C2H6/c1-21-8-4-2-7-11-26-28(22-9-5-3-6-10-22)25-13-12-23(30(34)35)19-27(25)32(26)20-24(18-21)29(33)31-14-16-36-17-15-31;1-2/h2,4,7-8,12-13,18-19,21-22H,3,5-6,9-11,14-17,20H2,1H3,(H,34,35);1-2H3/b7-2-,8-4-,24-18+;. The Kier molecular flexibility index (Phi) is 9.62. The Labute approximate surface area is 226 Å². The fraction of sp³-hybridized carbons (Fsp3) is 0.500. The van der Waals surface area contributed by atoms with Gasteiger partial charge < -0.3 is 19.3 Å². The fourth-order valence-corrected chi connectivity index (χ4v) is 6.01. The minimum absolute atomic E-state index is 0.0483. The molecule has 3 heterocycles. The maximum atomic E-state index is 13.7. The van der Waals surface area contributed by atoms with Crippen LogP contribution < -0.4 is 0 Å². The van der Waals surface area contributed by atoms with Crippen molar-refractivity contribution in [1.82, 2.24) is 9.47 Å². The van der Waals surface area contributed by atoms with Gasteiger partial charge in [0, 0.05) is 41.7 Å². The van der Waals surface area contributed by atoms with E-state index >= 15 is 0 Å². The number of hydrogen-bond donors (Lipinski definition) is 1. The smallest absolute Gasteiger partial charge is 0.335 e. The van der Waals surface area contributed by atoms with Crippen molar-refractivity contribution in [2.45, 2.75) is 71.8 Å². The molecule has 5 rings (SSSR count). The van der Waals surface area contributed by atoms with Crippen molar-refractivity contribution in [3.63, 3.8) is 0 Å². The normalized spacial score (nSPS) is 23.7. The molecule has 6 nitrogen and oxygen atoms in total. The third-order valence-corrected chi connectivity index (χ3v) is 7.81. The van der Waals surface area contributed by atoms with Gasteiger partial charge in [0.15, 0.2) is 0 Å². The number of rotatable bonds is 3. The number of allylic oxidation sites excluding steroid dienone is 5. The molecule has 0 spiro atoms. The molecular formula is C32H42N2O4. The number of carboxylic acids is 1. The number of carboxylic acid groups (broad SMARTS) is 1. The third kappa shape index (κ3) is 6.12. The van der Waals surface area contributed by atoms with Crippen LogP contribution >= 0.6 is 0 Å². The number of benzene rings is 1. The molecule has 204 valence electrons. The lowest BCUT2D eigenvalue weighted by atomic mass is 9.82. The molecule has 1 amide bonds. The minimum atomic E-state index is -0.929. The summed E-state index contributed by atoms with van der Waals surface area (Å²) < 4.78 is 7.72. The van der Waals surface area contributed by atoms with Crippen LogP contribution in [-0.4, -0.2) is 52.8 Å². The summed E-state index contributed by atoms with van der Waals surface area (Å²) in [7, 11) is 0. The summed E-state index contributed by atoms with van der Waals surface area (Å²) in [5, 5.41) is 10.9. The second-order valence-corrected chi connectivity index (χ2v) is 10.3. The molecule has 2 fully saturated rings. The first-order valence-electron chi connectivity index (χ1n) is 14.3. The topological polar surface area (TPSA) is 71.8 Å². The number of nitrogens with zero attached hydrogens (tertiary/aromatic N) is 2. The van der Waals surface area contributed by atoms with Crippen LogP contribution in [0.15, 0.2) is 54.2 Å². The number of ether oxygens (including phenoxy) is 1. The number of morpholine rings is 1. The molecule has 0 bridgehead atoms. The van der Waals surface area contributed by atoms with Crippen LogP contribution in [0.1, 0.15) is 80.4 Å². The van der Waals surface area contributed by atoms with Gasteiger partial charge in [-0.05, 0) is 42.4 Å². The Hall–Kier alpha value is -3.12. The minimum Gasteiger partial charge on any atom is -0.478 e. The summed E-state index contributed by atoms with van der Waals surface area (Å²) in [6, 6.07) is 5.52. The lowest BCUT2D eigenvalue weighted by molar-refractivity contribution is -0.131. The number of amides is 1. The Balaban J connectivity index is 0.00000164. The van der Waals surface area contributed by atoms with Crippen LogP contribution in [0.2, 0.25) is 0 Å². The molecule has 1 aliphatic carbocycles. The van der Waals surface area contributed by atoms with Crippen LogP contribution in [-0.2, 0) is 22.5 Å². The second kappa shape index (κ2) is 13.1. The summed E-state index contributed by atoms with van der Waals surface area (Å²) in [5.74, 6) is -0.317. The Morgan fingerprint density at radius 2 is 1.76 bits per heavy atom. The van der Waals surface area contributed by atoms with E-state index < -0.39 is 5.97 Å². The van der Waals surface area contributed by atoms with Gasteiger partial charge in [-0.3, -0.25) is 4.79 Å². The van der Waals surface area contributed by atoms with E-state index in [4.69, 9.17) is 4.74 Å². The van der Waals surface area contributed by atoms with Crippen molar-refractivity contribution in [3.8, 4) is 0 Å². The molecule has 1 aromatic heterocycles. The molecule has 6 heteroatoms. The molecule has 0 radical (unpaired) electrons. The molecule has 2 aliphatic heterocycles. The Bertz CT molecular complexity index is 1220. The van der Waals surface area contributed by atoms with Crippen molar-refractivity contribution < 1.29 is 19.4 Å². The zero-order chi connectivity index (χ0) is 27.1. The number of hydrogen-bond acceptors (Lipinski definition) is 3. The zero-order valence-corrected chi connectivity index (χ0v) is 23.1. The van der Waals surface area contributed by atoms with Crippen molar-refractivity contribution in [2.75, 3.05) is 26.3 Å². The van der Waals surface area contributed by atoms with Gasteiger partial charge in [0.1, 0.15) is 0 Å². The first-order chi connectivity index (χ1) is 18.5. The maximum Gasteiger partial charge on any atom is 0.335 e. The second-order valence-electron chi connectivity index (χ2n) is 10.3. The Morgan fingerprint density at radius 1 is 1.03 bits per heavy atom. The predicted octanol–water partition coefficient (Wildman–Crippen LogP) is 6.50. The highest BCUT2D eigenvalue weighted by molar-refractivity contribution is 5.97. The lowest BCUT2D eigenvalue weighted by Crippen LogP contribution is -2.42. The summed E-state index contributed by atoms with van der Waals surface area (Å²) in [5.41, 5.74) is 4.51. The van der Waals surface area contributed by atoms with Gasteiger partial charge in [-0.15, -0.1) is 0 Å². The van der Waals surface area contributed by atoms with Gasteiger partial charge >= 0.3 is 5.97 Å². The van der Waals surface area contributed by atoms with Crippen LogP contribution in [0.4, 0.5) is 0 Å². The van der Waals surface area contributed by atoms with Gasteiger partial charge in [-0.2, -0.15) is 0 Å². The van der Waals surface area contributed by atoms with Crippen LogP contribution in [0.25, 0.3) is 10.9 Å². The summed E-state index contributed by atoms with van der Waals surface area (Å²) in [4.78, 5) is 27.5. The number of aromatic nitrogens is 1. The average Bonchev–Trinajstić information content (AvgIpc) is 3.24. The third-order valence-electron chi connectivity index (χ3n) is 7.81. The lowest BCUT2D eigenvalue weighted by Gasteiger charge is -2.28. The fourth-order valence-electron chi connectivity index (χ4n) is 6.01. The molecule has 1 aromatic carbocycles. The molecule has 1 saturated heterocycles. The number of aromatic carboxylic acids is 1. The first kappa shape index (κ1) is 27.9. The summed E-state index contributed by atoms with van der Waals surface area (Å²) in [6.45, 7) is 8.84. The largest absolute Gasteiger partial charge is 0.478 e. The van der Waals surface area contributed by atoms with E-state index in [0.717, 1.165) is 35.7 Å². The van der Waals surface area contributed by atoms with Gasteiger partial charge in [0.25, 0.3) is 5.91 Å². The van der Waals surface area contributed by atoms with E-state index in [9.17, 15) is 14.7 Å². The molecular weight excluding hydrogens is 476 g/mol. The zero-order valence-electron chi connectivity index (χ0n) is 23.1. The van der Waals surface area contributed by atoms with Crippen molar-refractivity contribution in [2.24, 2.45) is 5.92 Å². The van der Waals surface area contributed by atoms with Crippen molar-refractivity contribution in [1.29, 1.82) is 0 Å². The molecule has 1 saturated carbocycles. The predicted molar refractivity (Wildman–Crippen MR) is 153 cm³/mol. The monoisotopic (exact) mass is 518 g/mol. The van der Waals surface area contributed by atoms with Crippen LogP contribution in [0, 0.1) is 5.92 Å². The van der Waals surface area contributed by atoms with Gasteiger partial charge in [-0.1, -0.05) is 76.5 Å². The number of carbonyl (C=O) groups is 2. The summed E-state index contributed by atoms with van der Waals surface area (Å²) >= 11 is 0. The highest BCUT2D eigenvalue weighted by Gasteiger charge is 2.28. The molecule has 1 atom stereocenters. The van der Waals surface area contributed by atoms with E-state index in [-0.39, 0.29) is 17.4 Å². The van der Waals surface area contributed by atoms with Crippen molar-refractivity contribution >= 4 is 22.8 Å². The van der Waals surface area contributed by atoms with E-state index in [2.05, 4.69) is 41.9 Å². The Morgan fingerprint density at radius 3 is 2.47 bits per heavy atom. The van der Waals surface area contributed by atoms with Crippen LogP contribution in [0.5, 0.6) is 0 Å². The quantitative estimate of drug-likeness (QED) is 0.503. The summed E-state index contributed by atoms with van der Waals surface area (Å²) in [6.07, 6.45) is 17.3. The van der Waals surface area contributed by atoms with E-state index in [1.807, 2.05) is 24.8 Å². The average molecular weight is 519 g/mol. The molecule has 1 N–H and O–H groups in total. The molecule has 38 heavy (non-hydrogen) atoms. The highest BCUT2D eigenvalue weighted by atomic mass is 16.5. The molecule has 3 aliphatic rings. The van der Waals surface area contributed by atoms with Gasteiger partial charge in [-0.25, -0.2) is 4.79 Å². The van der Waals surface area contributed by atoms with E-state index in [1.165, 1.54) is 30.5 Å². The number of fused-ring (bicyclic) bond motifs is 3.